The first-order valence-electron chi connectivity index (χ1n) is 9.06. The molecule has 0 atom stereocenters. The molecule has 3 heterocycles. The molecule has 4 rings (SSSR count). The van der Waals surface area contributed by atoms with E-state index >= 15 is 0 Å². The first-order valence-corrected chi connectivity index (χ1v) is 9.06. The van der Waals surface area contributed by atoms with Gasteiger partial charge in [-0.2, -0.15) is 5.10 Å². The van der Waals surface area contributed by atoms with Crippen molar-refractivity contribution >= 4 is 28.2 Å². The Morgan fingerprint density at radius 3 is 2.76 bits per heavy atom. The van der Waals surface area contributed by atoms with Gasteiger partial charge in [0.25, 0.3) is 0 Å². The Hall–Kier alpha value is -2.63. The summed E-state index contributed by atoms with van der Waals surface area (Å²) in [6.07, 6.45) is 6.32. The van der Waals surface area contributed by atoms with Crippen LogP contribution in [-0.2, 0) is 6.42 Å². The van der Waals surface area contributed by atoms with Crippen molar-refractivity contribution < 1.29 is 0 Å². The number of piperidine rings is 1. The van der Waals surface area contributed by atoms with Gasteiger partial charge in [-0.3, -0.25) is 5.10 Å². The molecule has 1 aliphatic rings. The van der Waals surface area contributed by atoms with E-state index < -0.39 is 0 Å². The molecule has 6 nitrogen and oxygen atoms in total. The number of H-pyrrole nitrogens is 1. The third-order valence-corrected chi connectivity index (χ3v) is 4.83. The molecule has 6 heteroatoms. The highest BCUT2D eigenvalue weighted by Gasteiger charge is 2.14. The third kappa shape index (κ3) is 3.16. The van der Waals surface area contributed by atoms with Crippen LogP contribution in [-0.4, -0.2) is 33.3 Å². The Balaban J connectivity index is 1.69. The van der Waals surface area contributed by atoms with Crippen LogP contribution in [0.5, 0.6) is 0 Å². The highest BCUT2D eigenvalue weighted by Crippen LogP contribution is 2.29. The van der Waals surface area contributed by atoms with Crippen molar-refractivity contribution in [2.75, 3.05) is 23.3 Å². The molecule has 0 spiro atoms. The predicted molar refractivity (Wildman–Crippen MR) is 102 cm³/mol. The number of anilines is 3. The maximum Gasteiger partial charge on any atom is 0.186 e. The molecule has 2 aromatic heterocycles. The number of hydrogen-bond acceptors (Lipinski definition) is 5. The molecule has 1 aliphatic heterocycles. The molecule has 0 unspecified atom stereocenters. The number of nitrogens with one attached hydrogen (secondary N) is 2. The van der Waals surface area contributed by atoms with Crippen molar-refractivity contribution in [2.24, 2.45) is 0 Å². The number of aromatic nitrogens is 4. The van der Waals surface area contributed by atoms with Crippen LogP contribution in [0.25, 0.3) is 11.0 Å². The minimum Gasteiger partial charge on any atom is -0.371 e. The average molecular weight is 336 g/mol. The Labute approximate surface area is 147 Å². The fourth-order valence-corrected chi connectivity index (χ4v) is 3.57. The van der Waals surface area contributed by atoms with Gasteiger partial charge >= 0.3 is 0 Å². The summed E-state index contributed by atoms with van der Waals surface area (Å²) >= 11 is 0. The van der Waals surface area contributed by atoms with Crippen LogP contribution in [0.1, 0.15) is 37.4 Å². The van der Waals surface area contributed by atoms with Crippen LogP contribution in [0.2, 0.25) is 0 Å². The molecule has 0 bridgehead atoms. The van der Waals surface area contributed by atoms with Gasteiger partial charge in [-0.05, 0) is 56.4 Å². The molecule has 1 saturated heterocycles. The van der Waals surface area contributed by atoms with E-state index in [0.29, 0.717) is 5.65 Å². The van der Waals surface area contributed by atoms with Gasteiger partial charge in [0.1, 0.15) is 12.1 Å². The Morgan fingerprint density at radius 1 is 1.12 bits per heavy atom. The molecule has 130 valence electrons. The van der Waals surface area contributed by atoms with Crippen molar-refractivity contribution in [2.45, 2.75) is 39.5 Å². The Kier molecular flexibility index (Phi) is 4.26. The number of nitrogens with zero attached hydrogens (tertiary/aromatic N) is 4. The lowest BCUT2D eigenvalue weighted by atomic mass is 10.1. The van der Waals surface area contributed by atoms with E-state index in [4.69, 9.17) is 0 Å². The van der Waals surface area contributed by atoms with Gasteiger partial charge in [-0.1, -0.05) is 6.92 Å². The van der Waals surface area contributed by atoms with Crippen LogP contribution in [0, 0.1) is 6.92 Å². The van der Waals surface area contributed by atoms with Gasteiger partial charge in [0.15, 0.2) is 5.65 Å². The Morgan fingerprint density at radius 2 is 1.96 bits per heavy atom. The zero-order valence-electron chi connectivity index (χ0n) is 14.8. The van der Waals surface area contributed by atoms with E-state index in [9.17, 15) is 0 Å². The highest BCUT2D eigenvalue weighted by molar-refractivity contribution is 5.90. The van der Waals surface area contributed by atoms with Crippen LogP contribution in [0.15, 0.2) is 24.5 Å². The molecular formula is C19H24N6. The molecule has 25 heavy (non-hydrogen) atoms. The first kappa shape index (κ1) is 15.9. The largest absolute Gasteiger partial charge is 0.371 e. The number of benzene rings is 1. The molecule has 0 amide bonds. The van der Waals surface area contributed by atoms with Crippen LogP contribution in [0.4, 0.5) is 17.2 Å². The molecule has 3 aromatic rings. The number of rotatable bonds is 4. The standard InChI is InChI=1S/C19H24N6/c1-3-16-17-18(20-12-21-19(17)24-23-16)22-14-9-13(2)10-15(11-14)25-7-5-4-6-8-25/h9-12H,3-8H2,1-2H3,(H2,20,21,22,23,24). The topological polar surface area (TPSA) is 69.7 Å². The molecule has 2 N–H and O–H groups in total. The summed E-state index contributed by atoms with van der Waals surface area (Å²) in [5.41, 5.74) is 5.36. The number of fused-ring (bicyclic) bond motifs is 1. The summed E-state index contributed by atoms with van der Waals surface area (Å²) in [5, 5.41) is 11.8. The van der Waals surface area contributed by atoms with Gasteiger partial charge < -0.3 is 10.2 Å². The van der Waals surface area contributed by atoms with Crippen LogP contribution >= 0.6 is 0 Å². The van der Waals surface area contributed by atoms with Crippen LogP contribution < -0.4 is 10.2 Å². The first-order chi connectivity index (χ1) is 12.2. The maximum absolute atomic E-state index is 4.46. The molecule has 1 fully saturated rings. The van der Waals surface area contributed by atoms with Crippen molar-refractivity contribution in [3.05, 3.63) is 35.8 Å². The summed E-state index contributed by atoms with van der Waals surface area (Å²) in [4.78, 5) is 11.2. The van der Waals surface area contributed by atoms with Crippen molar-refractivity contribution in [3.8, 4) is 0 Å². The molecule has 0 radical (unpaired) electrons. The fourth-order valence-electron chi connectivity index (χ4n) is 3.57. The quantitative estimate of drug-likeness (QED) is 0.755. The van der Waals surface area contributed by atoms with Crippen molar-refractivity contribution in [1.29, 1.82) is 0 Å². The maximum atomic E-state index is 4.46. The zero-order valence-corrected chi connectivity index (χ0v) is 14.8. The molecule has 1 aromatic carbocycles. The normalized spacial score (nSPS) is 14.9. The summed E-state index contributed by atoms with van der Waals surface area (Å²) in [6.45, 7) is 6.53. The zero-order chi connectivity index (χ0) is 17.2. The number of hydrogen-bond donors (Lipinski definition) is 2. The van der Waals surface area contributed by atoms with Gasteiger partial charge in [0.2, 0.25) is 0 Å². The number of aryl methyl sites for hydroxylation is 2. The average Bonchev–Trinajstić information content (AvgIpc) is 3.06. The second-order valence-corrected chi connectivity index (χ2v) is 6.71. The third-order valence-electron chi connectivity index (χ3n) is 4.83. The van der Waals surface area contributed by atoms with Gasteiger partial charge in [-0.25, -0.2) is 9.97 Å². The summed E-state index contributed by atoms with van der Waals surface area (Å²) in [5.74, 6) is 0.811. The van der Waals surface area contributed by atoms with E-state index in [1.165, 1.54) is 30.5 Å². The van der Waals surface area contributed by atoms with E-state index in [-0.39, 0.29) is 0 Å². The van der Waals surface area contributed by atoms with Crippen molar-refractivity contribution in [3.63, 3.8) is 0 Å². The fraction of sp³-hybridized carbons (Fsp3) is 0.421. The van der Waals surface area contributed by atoms with E-state index in [1.807, 2.05) is 0 Å². The lowest BCUT2D eigenvalue weighted by molar-refractivity contribution is 0.578. The van der Waals surface area contributed by atoms with Gasteiger partial charge in [0.05, 0.1) is 5.39 Å². The minimum absolute atomic E-state index is 0.707. The second-order valence-electron chi connectivity index (χ2n) is 6.71. The monoisotopic (exact) mass is 336 g/mol. The lowest BCUT2D eigenvalue weighted by Gasteiger charge is -2.29. The van der Waals surface area contributed by atoms with E-state index in [1.54, 1.807) is 6.33 Å². The lowest BCUT2D eigenvalue weighted by Crippen LogP contribution is -2.29. The second kappa shape index (κ2) is 6.70. The highest BCUT2D eigenvalue weighted by atomic mass is 15.2. The number of aromatic amines is 1. The van der Waals surface area contributed by atoms with Gasteiger partial charge in [0, 0.05) is 30.2 Å². The molecule has 0 aliphatic carbocycles. The minimum atomic E-state index is 0.707. The summed E-state index contributed by atoms with van der Waals surface area (Å²) in [7, 11) is 0. The van der Waals surface area contributed by atoms with E-state index in [2.05, 4.69) is 62.4 Å². The predicted octanol–water partition coefficient (Wildman–Crippen LogP) is 3.96. The summed E-state index contributed by atoms with van der Waals surface area (Å²) < 4.78 is 0. The van der Waals surface area contributed by atoms with Crippen molar-refractivity contribution in [1.82, 2.24) is 20.2 Å². The Bertz CT molecular complexity index is 879. The van der Waals surface area contributed by atoms with Crippen LogP contribution in [0.3, 0.4) is 0 Å². The SMILES string of the molecule is CCc1[nH]nc2ncnc(Nc3cc(C)cc(N4CCCCC4)c3)c12. The van der Waals surface area contributed by atoms with E-state index in [0.717, 1.165) is 42.1 Å². The molecular weight excluding hydrogens is 312 g/mol. The summed E-state index contributed by atoms with van der Waals surface area (Å²) in [6, 6.07) is 6.65. The molecule has 0 saturated carbocycles. The smallest absolute Gasteiger partial charge is 0.186 e. The van der Waals surface area contributed by atoms with Gasteiger partial charge in [-0.15, -0.1) is 0 Å².